The number of rotatable bonds is 7. The Morgan fingerprint density at radius 1 is 1.20 bits per heavy atom. The molecule has 1 fully saturated rings. The lowest BCUT2D eigenvalue weighted by molar-refractivity contribution is -0.174. The molecular weight excluding hydrogens is 273 g/mol. The summed E-state index contributed by atoms with van der Waals surface area (Å²) in [6.45, 7) is 1.51. The third-order valence-corrected chi connectivity index (χ3v) is 3.32. The van der Waals surface area contributed by atoms with Crippen molar-refractivity contribution in [2.45, 2.75) is 57.3 Å². The summed E-state index contributed by atoms with van der Waals surface area (Å²) in [5, 5.41) is 6.23. The molecule has 0 unspecified atom stereocenters. The van der Waals surface area contributed by atoms with Gasteiger partial charge in [0.15, 0.2) is 0 Å². The molecule has 0 aromatic rings. The first kappa shape index (κ1) is 17.2. The Balaban J connectivity index is 2.08. The van der Waals surface area contributed by atoms with E-state index in [-0.39, 0.29) is 25.0 Å². The Labute approximate surface area is 117 Å². The lowest BCUT2D eigenvalue weighted by atomic mass is 9.91. The summed E-state index contributed by atoms with van der Waals surface area (Å²) in [7, 11) is 0. The maximum absolute atomic E-state index is 11.8. The Morgan fingerprint density at radius 2 is 1.80 bits per heavy atom. The molecule has 0 aromatic heterocycles. The molecular formula is C13H23F3N2O2. The highest BCUT2D eigenvalue weighted by Crippen LogP contribution is 2.18. The van der Waals surface area contributed by atoms with Crippen molar-refractivity contribution in [2.24, 2.45) is 0 Å². The van der Waals surface area contributed by atoms with Crippen LogP contribution in [0.15, 0.2) is 0 Å². The van der Waals surface area contributed by atoms with Gasteiger partial charge in [0.1, 0.15) is 6.61 Å². The van der Waals surface area contributed by atoms with Crippen LogP contribution in [0.3, 0.4) is 0 Å². The standard InChI is InChI=1S/C13H23F3N2O2/c1-2-17-10-3-5-11(6-4-10)18-12(19)7-8-20-9-13(14,15)16/h10-11,17H,2-9H2,1H3,(H,18,19). The Bertz CT molecular complexity index is 290. The number of ether oxygens (including phenoxy) is 1. The van der Waals surface area contributed by atoms with Crippen LogP contribution in [0.2, 0.25) is 0 Å². The summed E-state index contributed by atoms with van der Waals surface area (Å²) < 4.78 is 39.9. The van der Waals surface area contributed by atoms with E-state index in [0.717, 1.165) is 32.2 Å². The van der Waals surface area contributed by atoms with Gasteiger partial charge < -0.3 is 15.4 Å². The molecule has 0 aliphatic heterocycles. The molecule has 0 saturated heterocycles. The van der Waals surface area contributed by atoms with Gasteiger partial charge in [0.05, 0.1) is 6.61 Å². The van der Waals surface area contributed by atoms with E-state index in [9.17, 15) is 18.0 Å². The maximum atomic E-state index is 11.8. The predicted octanol–water partition coefficient (Wildman–Crippen LogP) is 1.99. The third-order valence-electron chi connectivity index (χ3n) is 3.32. The van der Waals surface area contributed by atoms with Crippen molar-refractivity contribution in [1.29, 1.82) is 0 Å². The van der Waals surface area contributed by atoms with Crippen molar-refractivity contribution >= 4 is 5.91 Å². The van der Waals surface area contributed by atoms with Crippen molar-refractivity contribution in [3.8, 4) is 0 Å². The van der Waals surface area contributed by atoms with Crippen LogP contribution in [0.4, 0.5) is 13.2 Å². The first-order valence-electron chi connectivity index (χ1n) is 7.08. The average molecular weight is 296 g/mol. The number of carbonyl (C=O) groups excluding carboxylic acids is 1. The molecule has 1 aliphatic rings. The van der Waals surface area contributed by atoms with Crippen LogP contribution >= 0.6 is 0 Å². The van der Waals surface area contributed by atoms with Gasteiger partial charge >= 0.3 is 6.18 Å². The predicted molar refractivity (Wildman–Crippen MR) is 69.4 cm³/mol. The zero-order valence-electron chi connectivity index (χ0n) is 11.8. The molecule has 0 radical (unpaired) electrons. The second kappa shape index (κ2) is 8.46. The number of hydrogen-bond donors (Lipinski definition) is 2. The quantitative estimate of drug-likeness (QED) is 0.706. The van der Waals surface area contributed by atoms with Gasteiger partial charge in [-0.2, -0.15) is 13.2 Å². The summed E-state index contributed by atoms with van der Waals surface area (Å²) in [6, 6.07) is 0.656. The van der Waals surface area contributed by atoms with Crippen LogP contribution in [0.5, 0.6) is 0 Å². The number of nitrogens with one attached hydrogen (secondary N) is 2. The van der Waals surface area contributed by atoms with Crippen molar-refractivity contribution in [1.82, 2.24) is 10.6 Å². The molecule has 1 rings (SSSR count). The molecule has 20 heavy (non-hydrogen) atoms. The van der Waals surface area contributed by atoms with E-state index in [1.165, 1.54) is 0 Å². The van der Waals surface area contributed by atoms with Gasteiger partial charge in [0, 0.05) is 18.5 Å². The highest BCUT2D eigenvalue weighted by atomic mass is 19.4. The van der Waals surface area contributed by atoms with Crippen LogP contribution in [-0.2, 0) is 9.53 Å². The molecule has 0 heterocycles. The van der Waals surface area contributed by atoms with Gasteiger partial charge in [-0.25, -0.2) is 0 Å². The minimum atomic E-state index is -4.33. The number of hydrogen-bond acceptors (Lipinski definition) is 3. The summed E-state index contributed by atoms with van der Waals surface area (Å²) in [4.78, 5) is 11.6. The lowest BCUT2D eigenvalue weighted by Crippen LogP contribution is -2.42. The van der Waals surface area contributed by atoms with Crippen molar-refractivity contribution in [2.75, 3.05) is 19.8 Å². The van der Waals surface area contributed by atoms with Crippen molar-refractivity contribution < 1.29 is 22.7 Å². The zero-order chi connectivity index (χ0) is 15.0. The minimum absolute atomic E-state index is 0.0246. The van der Waals surface area contributed by atoms with Crippen LogP contribution in [0.1, 0.15) is 39.0 Å². The van der Waals surface area contributed by atoms with Crippen LogP contribution in [-0.4, -0.2) is 43.9 Å². The molecule has 0 bridgehead atoms. The molecule has 0 spiro atoms. The SMILES string of the molecule is CCNC1CCC(NC(=O)CCOCC(F)(F)F)CC1. The van der Waals surface area contributed by atoms with Crippen LogP contribution in [0, 0.1) is 0 Å². The van der Waals surface area contributed by atoms with Gasteiger partial charge in [-0.1, -0.05) is 6.92 Å². The summed E-state index contributed by atoms with van der Waals surface area (Å²) >= 11 is 0. The van der Waals surface area contributed by atoms with E-state index in [1.54, 1.807) is 0 Å². The Morgan fingerprint density at radius 3 is 2.35 bits per heavy atom. The van der Waals surface area contributed by atoms with Crippen molar-refractivity contribution in [3.63, 3.8) is 0 Å². The number of alkyl halides is 3. The second-order valence-electron chi connectivity index (χ2n) is 5.09. The highest BCUT2D eigenvalue weighted by molar-refractivity contribution is 5.76. The summed E-state index contributed by atoms with van der Waals surface area (Å²) in [5.41, 5.74) is 0. The van der Waals surface area contributed by atoms with Gasteiger partial charge in [0.2, 0.25) is 5.91 Å². The summed E-state index contributed by atoms with van der Waals surface area (Å²) in [5.74, 6) is -0.237. The normalized spacial score (nSPS) is 23.6. The molecule has 1 amide bonds. The maximum Gasteiger partial charge on any atom is 0.411 e. The van der Waals surface area contributed by atoms with Gasteiger partial charge in [-0.3, -0.25) is 4.79 Å². The fraction of sp³-hybridized carbons (Fsp3) is 0.923. The van der Waals surface area contributed by atoms with E-state index in [1.807, 2.05) is 0 Å². The smallest absolute Gasteiger partial charge is 0.372 e. The number of amides is 1. The molecule has 1 saturated carbocycles. The topological polar surface area (TPSA) is 50.4 Å². The molecule has 1 aliphatic carbocycles. The van der Waals surface area contributed by atoms with E-state index in [0.29, 0.717) is 6.04 Å². The first-order valence-corrected chi connectivity index (χ1v) is 7.08. The summed E-state index contributed by atoms with van der Waals surface area (Å²) in [6.07, 6.45) is -0.503. The minimum Gasteiger partial charge on any atom is -0.372 e. The fourth-order valence-electron chi connectivity index (χ4n) is 2.38. The largest absolute Gasteiger partial charge is 0.411 e. The highest BCUT2D eigenvalue weighted by Gasteiger charge is 2.27. The van der Waals surface area contributed by atoms with E-state index >= 15 is 0 Å². The Kier molecular flexibility index (Phi) is 7.29. The molecule has 2 N–H and O–H groups in total. The van der Waals surface area contributed by atoms with Crippen LogP contribution < -0.4 is 10.6 Å². The van der Waals surface area contributed by atoms with Gasteiger partial charge in [-0.15, -0.1) is 0 Å². The average Bonchev–Trinajstić information content (AvgIpc) is 2.36. The van der Waals surface area contributed by atoms with Crippen LogP contribution in [0.25, 0.3) is 0 Å². The third kappa shape index (κ3) is 7.69. The van der Waals surface area contributed by atoms with Gasteiger partial charge in [-0.05, 0) is 32.2 Å². The molecule has 0 atom stereocenters. The second-order valence-corrected chi connectivity index (χ2v) is 5.09. The monoisotopic (exact) mass is 296 g/mol. The Hall–Kier alpha value is -0.820. The number of halogens is 3. The molecule has 4 nitrogen and oxygen atoms in total. The first-order chi connectivity index (χ1) is 9.40. The molecule has 0 aromatic carbocycles. The molecule has 118 valence electrons. The lowest BCUT2D eigenvalue weighted by Gasteiger charge is -2.29. The zero-order valence-corrected chi connectivity index (χ0v) is 11.8. The van der Waals surface area contributed by atoms with Gasteiger partial charge in [0.25, 0.3) is 0 Å². The molecule has 7 heteroatoms. The number of carbonyl (C=O) groups is 1. The van der Waals surface area contributed by atoms with E-state index in [2.05, 4.69) is 22.3 Å². The van der Waals surface area contributed by atoms with E-state index in [4.69, 9.17) is 0 Å². The van der Waals surface area contributed by atoms with E-state index < -0.39 is 12.8 Å². The fourth-order valence-corrected chi connectivity index (χ4v) is 2.38. The van der Waals surface area contributed by atoms with Crippen molar-refractivity contribution in [3.05, 3.63) is 0 Å².